The van der Waals surface area contributed by atoms with Crippen LogP contribution in [0.1, 0.15) is 60.3 Å². The molecule has 5 nitrogen and oxygen atoms in total. The number of nitrogens with zero attached hydrogens (tertiary/aromatic N) is 1. The fourth-order valence-corrected chi connectivity index (χ4v) is 4.68. The molecule has 0 aromatic carbocycles. The van der Waals surface area contributed by atoms with E-state index in [-0.39, 0.29) is 34.4 Å². The monoisotopic (exact) mass is 337 g/mol. The van der Waals surface area contributed by atoms with Gasteiger partial charge >= 0.3 is 5.97 Å². The standard InChI is InChI=1S/C19H31NO4/c1-17(2,3)24-15-9-8-14-18(4,10-7-11-20-22)13(16(21)23-6)12-19(14,15)5/h8,11,13,15,22H,7,9-10,12H2,1-6H3/b20-11+/t13-,15-,18-,19-/m0/s1. The van der Waals surface area contributed by atoms with Crippen LogP contribution in [0.3, 0.4) is 0 Å². The van der Waals surface area contributed by atoms with E-state index in [1.54, 1.807) is 0 Å². The van der Waals surface area contributed by atoms with E-state index in [9.17, 15) is 4.79 Å². The number of hydrogen-bond donors (Lipinski definition) is 1. The van der Waals surface area contributed by atoms with Crippen LogP contribution >= 0.6 is 0 Å². The van der Waals surface area contributed by atoms with Gasteiger partial charge in [0.15, 0.2) is 0 Å². The highest BCUT2D eigenvalue weighted by Gasteiger charge is 2.61. The summed E-state index contributed by atoms with van der Waals surface area (Å²) >= 11 is 0. The van der Waals surface area contributed by atoms with Crippen LogP contribution in [0.25, 0.3) is 0 Å². The lowest BCUT2D eigenvalue weighted by Crippen LogP contribution is -2.37. The van der Waals surface area contributed by atoms with Gasteiger partial charge in [-0.1, -0.05) is 25.5 Å². The van der Waals surface area contributed by atoms with Gasteiger partial charge in [0.25, 0.3) is 0 Å². The lowest BCUT2D eigenvalue weighted by atomic mass is 9.72. The smallest absolute Gasteiger partial charge is 0.309 e. The van der Waals surface area contributed by atoms with E-state index < -0.39 is 0 Å². The molecule has 0 spiro atoms. The van der Waals surface area contributed by atoms with Crippen molar-refractivity contribution in [1.82, 2.24) is 0 Å². The highest BCUT2D eigenvalue weighted by molar-refractivity contribution is 5.76. The summed E-state index contributed by atoms with van der Waals surface area (Å²) in [7, 11) is 1.45. The molecule has 1 saturated carbocycles. The second-order valence-electron chi connectivity index (χ2n) is 8.52. The summed E-state index contributed by atoms with van der Waals surface area (Å²) in [6.45, 7) is 10.5. The van der Waals surface area contributed by atoms with Crippen molar-refractivity contribution < 1.29 is 19.5 Å². The van der Waals surface area contributed by atoms with Gasteiger partial charge in [0.05, 0.1) is 24.7 Å². The zero-order valence-corrected chi connectivity index (χ0v) is 15.8. The van der Waals surface area contributed by atoms with Crippen molar-refractivity contribution in [3.05, 3.63) is 11.6 Å². The summed E-state index contributed by atoms with van der Waals surface area (Å²) in [5.41, 5.74) is 0.627. The molecular formula is C19H31NO4. The summed E-state index contributed by atoms with van der Waals surface area (Å²) in [4.78, 5) is 12.5. The molecule has 0 saturated heterocycles. The summed E-state index contributed by atoms with van der Waals surface area (Å²) in [5, 5.41) is 11.8. The van der Waals surface area contributed by atoms with Gasteiger partial charge in [0, 0.05) is 17.0 Å². The van der Waals surface area contributed by atoms with E-state index in [0.717, 1.165) is 19.3 Å². The molecule has 5 heteroatoms. The molecule has 0 unspecified atom stereocenters. The predicted molar refractivity (Wildman–Crippen MR) is 93.2 cm³/mol. The molecule has 2 aliphatic carbocycles. The molecule has 0 amide bonds. The first kappa shape index (κ1) is 19.0. The zero-order valence-electron chi connectivity index (χ0n) is 15.8. The van der Waals surface area contributed by atoms with E-state index in [1.165, 1.54) is 18.9 Å². The quantitative estimate of drug-likeness (QED) is 0.271. The van der Waals surface area contributed by atoms with Gasteiger partial charge in [-0.05, 0) is 46.5 Å². The van der Waals surface area contributed by atoms with Crippen molar-refractivity contribution in [3.63, 3.8) is 0 Å². The van der Waals surface area contributed by atoms with Gasteiger partial charge in [-0.3, -0.25) is 4.79 Å². The Morgan fingerprint density at radius 3 is 2.67 bits per heavy atom. The van der Waals surface area contributed by atoms with Crippen LogP contribution in [0, 0.1) is 16.7 Å². The maximum atomic E-state index is 12.5. The normalized spacial score (nSPS) is 36.0. The minimum atomic E-state index is -0.293. The molecule has 24 heavy (non-hydrogen) atoms. The summed E-state index contributed by atoms with van der Waals surface area (Å²) in [5.74, 6) is -0.360. The first-order valence-electron chi connectivity index (χ1n) is 8.71. The topological polar surface area (TPSA) is 68.1 Å². The summed E-state index contributed by atoms with van der Waals surface area (Å²) in [6, 6.07) is 0. The van der Waals surface area contributed by atoms with Crippen molar-refractivity contribution in [3.8, 4) is 0 Å². The van der Waals surface area contributed by atoms with Crippen LogP contribution in [-0.2, 0) is 14.3 Å². The van der Waals surface area contributed by atoms with Crippen LogP contribution in [-0.4, -0.2) is 36.2 Å². The highest BCUT2D eigenvalue weighted by atomic mass is 16.5. The Hall–Kier alpha value is -1.36. The van der Waals surface area contributed by atoms with Crippen LogP contribution in [0.15, 0.2) is 16.8 Å². The third kappa shape index (κ3) is 3.23. The fourth-order valence-electron chi connectivity index (χ4n) is 4.68. The SMILES string of the molecule is COC(=O)[C@@H]1C[C@@]2(C)C(=CC[C@@H]2OC(C)(C)C)[C@@]1(C)CC/C=N/O. The average Bonchev–Trinajstić information content (AvgIpc) is 2.91. The van der Waals surface area contributed by atoms with E-state index in [2.05, 4.69) is 45.9 Å². The maximum Gasteiger partial charge on any atom is 0.309 e. The van der Waals surface area contributed by atoms with Gasteiger partial charge in [-0.25, -0.2) is 0 Å². The van der Waals surface area contributed by atoms with E-state index >= 15 is 0 Å². The van der Waals surface area contributed by atoms with Crippen molar-refractivity contribution >= 4 is 12.2 Å². The molecule has 0 radical (unpaired) electrons. The third-order valence-corrected chi connectivity index (χ3v) is 5.73. The fraction of sp³-hybridized carbons (Fsp3) is 0.789. The molecule has 0 aromatic heterocycles. The molecule has 0 bridgehead atoms. The number of methoxy groups -OCH3 is 1. The molecule has 1 N–H and O–H groups in total. The number of hydrogen-bond acceptors (Lipinski definition) is 5. The second-order valence-corrected chi connectivity index (χ2v) is 8.52. The van der Waals surface area contributed by atoms with Gasteiger partial charge in [0.1, 0.15) is 0 Å². The van der Waals surface area contributed by atoms with Gasteiger partial charge < -0.3 is 14.7 Å². The van der Waals surface area contributed by atoms with Crippen LogP contribution in [0.5, 0.6) is 0 Å². The number of fused-ring (bicyclic) bond motifs is 1. The molecule has 4 atom stereocenters. The lowest BCUT2D eigenvalue weighted by molar-refractivity contribution is -0.149. The van der Waals surface area contributed by atoms with Crippen LogP contribution in [0.4, 0.5) is 0 Å². The average molecular weight is 337 g/mol. The largest absolute Gasteiger partial charge is 0.469 e. The Labute approximate surface area is 145 Å². The molecule has 136 valence electrons. The first-order chi connectivity index (χ1) is 11.1. The van der Waals surface area contributed by atoms with Crippen LogP contribution in [0.2, 0.25) is 0 Å². The zero-order chi connectivity index (χ0) is 18.2. The maximum absolute atomic E-state index is 12.5. The van der Waals surface area contributed by atoms with Crippen molar-refractivity contribution in [1.29, 1.82) is 0 Å². The third-order valence-electron chi connectivity index (χ3n) is 5.73. The number of oxime groups is 1. The highest BCUT2D eigenvalue weighted by Crippen LogP contribution is 2.64. The van der Waals surface area contributed by atoms with E-state index in [4.69, 9.17) is 14.7 Å². The number of rotatable bonds is 5. The minimum Gasteiger partial charge on any atom is -0.469 e. The number of esters is 1. The molecule has 0 aliphatic heterocycles. The summed E-state index contributed by atoms with van der Waals surface area (Å²) < 4.78 is 11.4. The first-order valence-corrected chi connectivity index (χ1v) is 8.71. The molecule has 2 rings (SSSR count). The van der Waals surface area contributed by atoms with Gasteiger partial charge in [-0.15, -0.1) is 5.16 Å². The second kappa shape index (κ2) is 6.51. The molecule has 0 heterocycles. The van der Waals surface area contributed by atoms with Gasteiger partial charge in [-0.2, -0.15) is 0 Å². The van der Waals surface area contributed by atoms with Crippen molar-refractivity contribution in [2.75, 3.05) is 7.11 Å². The molecule has 1 fully saturated rings. The van der Waals surface area contributed by atoms with E-state index in [1.807, 2.05) is 0 Å². The van der Waals surface area contributed by atoms with E-state index in [0.29, 0.717) is 6.42 Å². The predicted octanol–water partition coefficient (Wildman–Crippen LogP) is 3.95. The Morgan fingerprint density at radius 2 is 2.12 bits per heavy atom. The van der Waals surface area contributed by atoms with Crippen molar-refractivity contribution in [2.45, 2.75) is 72.0 Å². The Bertz CT molecular complexity index is 548. The Morgan fingerprint density at radius 1 is 1.46 bits per heavy atom. The molecular weight excluding hydrogens is 306 g/mol. The molecule has 2 aliphatic rings. The molecule has 0 aromatic rings. The Balaban J connectivity index is 2.34. The van der Waals surface area contributed by atoms with Crippen molar-refractivity contribution in [2.24, 2.45) is 21.9 Å². The number of carbonyl (C=O) groups excluding carboxylic acids is 1. The number of ether oxygens (including phenoxy) is 2. The lowest BCUT2D eigenvalue weighted by Gasteiger charge is -2.37. The van der Waals surface area contributed by atoms with Gasteiger partial charge in [0.2, 0.25) is 0 Å². The Kier molecular flexibility index (Phi) is 5.14. The number of carbonyl (C=O) groups is 1. The summed E-state index contributed by atoms with van der Waals surface area (Å²) in [6.07, 6.45) is 6.82. The van der Waals surface area contributed by atoms with Crippen LogP contribution < -0.4 is 0 Å². The minimum absolute atomic E-state index is 0.0768.